The molecule has 2 N–H and O–H groups in total. The van der Waals surface area contributed by atoms with E-state index in [1.165, 1.54) is 25.7 Å². The molecule has 1 atom stereocenters. The number of aromatic nitrogens is 1. The molecule has 1 aliphatic heterocycles. The number of nitrogens with one attached hydrogen (secondary N) is 1. The number of hydrogen-bond donors (Lipinski definition) is 2. The molecule has 1 saturated heterocycles. The molecule has 7 nitrogen and oxygen atoms in total. The predicted octanol–water partition coefficient (Wildman–Crippen LogP) is 7.01. The predicted molar refractivity (Wildman–Crippen MR) is 166 cm³/mol. The molecule has 2 aliphatic rings. The van der Waals surface area contributed by atoms with Crippen molar-refractivity contribution in [2.45, 2.75) is 85.0 Å². The zero-order chi connectivity index (χ0) is 30.1. The number of aliphatic carboxylic acids is 1. The van der Waals surface area contributed by atoms with Crippen molar-refractivity contribution in [3.05, 3.63) is 82.7 Å². The lowest BCUT2D eigenvalue weighted by molar-refractivity contribution is -0.160. The van der Waals surface area contributed by atoms with Gasteiger partial charge in [0.1, 0.15) is 0 Å². The maximum absolute atomic E-state index is 12.9. The monoisotopic (exact) mass is 569 g/mol. The Morgan fingerprint density at radius 1 is 1.00 bits per heavy atom. The van der Waals surface area contributed by atoms with Gasteiger partial charge in [0.25, 0.3) is 5.91 Å². The van der Waals surface area contributed by atoms with Gasteiger partial charge in [-0.1, -0.05) is 55.3 Å². The molecule has 42 heavy (non-hydrogen) atoms. The summed E-state index contributed by atoms with van der Waals surface area (Å²) in [6.07, 6.45) is 4.87. The van der Waals surface area contributed by atoms with Crippen LogP contribution in [0.25, 0.3) is 11.1 Å². The van der Waals surface area contributed by atoms with E-state index in [9.17, 15) is 14.7 Å². The maximum atomic E-state index is 12.9. The topological polar surface area (TPSA) is 91.8 Å². The van der Waals surface area contributed by atoms with Crippen molar-refractivity contribution in [1.29, 1.82) is 0 Å². The molecule has 2 heterocycles. The summed E-state index contributed by atoms with van der Waals surface area (Å²) < 4.78 is 6.21. The number of carbonyl (C=O) groups excluding carboxylic acids is 1. The van der Waals surface area contributed by atoms with Crippen LogP contribution in [0, 0.1) is 19.3 Å². The van der Waals surface area contributed by atoms with Crippen LogP contribution in [0.1, 0.15) is 91.9 Å². The number of pyridine rings is 1. The summed E-state index contributed by atoms with van der Waals surface area (Å²) in [6, 6.07) is 17.4. The Morgan fingerprint density at radius 2 is 1.67 bits per heavy atom. The summed E-state index contributed by atoms with van der Waals surface area (Å²) in [4.78, 5) is 32.9. The summed E-state index contributed by atoms with van der Waals surface area (Å²) in [7, 11) is 0. The quantitative estimate of drug-likeness (QED) is 0.303. The zero-order valence-electron chi connectivity index (χ0n) is 25.5. The first-order valence-corrected chi connectivity index (χ1v) is 15.1. The van der Waals surface area contributed by atoms with Gasteiger partial charge in [0.05, 0.1) is 11.3 Å². The molecule has 222 valence electrons. The molecule has 1 aliphatic carbocycles. The lowest BCUT2D eigenvalue weighted by atomic mass is 9.85. The van der Waals surface area contributed by atoms with Crippen LogP contribution in [0.3, 0.4) is 0 Å². The van der Waals surface area contributed by atoms with Crippen molar-refractivity contribution < 1.29 is 19.4 Å². The van der Waals surface area contributed by atoms with Crippen molar-refractivity contribution in [2.75, 3.05) is 18.0 Å². The standard InChI is InChI=1S/C35H43N3O4/c1-23-28(26-13-15-27(16-14-26)32(39)36-21-25-11-7-6-8-12-25)30(38-20-19-35(22-38)17-9-10-18-35)29(24(2)37-23)31(33(40)41)42-34(3,4)5/h6-8,11-16,31H,9-10,17-22H2,1-5H3,(H,36,39)(H,40,41)/t31-/m0/s1. The zero-order valence-corrected chi connectivity index (χ0v) is 25.5. The van der Waals surface area contributed by atoms with Gasteiger partial charge in [-0.05, 0) is 82.6 Å². The van der Waals surface area contributed by atoms with Gasteiger partial charge in [-0.3, -0.25) is 9.78 Å². The van der Waals surface area contributed by atoms with Crippen LogP contribution in [0.2, 0.25) is 0 Å². The molecule has 1 spiro atoms. The van der Waals surface area contributed by atoms with E-state index in [1.807, 2.05) is 89.2 Å². The van der Waals surface area contributed by atoms with E-state index in [1.54, 1.807) is 0 Å². The first-order valence-electron chi connectivity index (χ1n) is 15.1. The number of carboxylic acids is 1. The third kappa shape index (κ3) is 6.36. The van der Waals surface area contributed by atoms with Crippen LogP contribution in [-0.4, -0.2) is 40.7 Å². The Balaban J connectivity index is 1.55. The van der Waals surface area contributed by atoms with Crippen LogP contribution in [0.4, 0.5) is 5.69 Å². The maximum Gasteiger partial charge on any atom is 0.337 e. The Kier molecular flexibility index (Phi) is 8.42. The Bertz CT molecular complexity index is 1440. The third-order valence-corrected chi connectivity index (χ3v) is 8.69. The highest BCUT2D eigenvalue weighted by Crippen LogP contribution is 2.50. The van der Waals surface area contributed by atoms with Gasteiger partial charge in [-0.2, -0.15) is 0 Å². The molecule has 2 aromatic carbocycles. The van der Waals surface area contributed by atoms with Crippen LogP contribution < -0.4 is 10.2 Å². The van der Waals surface area contributed by atoms with Crippen LogP contribution in [0.5, 0.6) is 0 Å². The number of aryl methyl sites for hydroxylation is 2. The third-order valence-electron chi connectivity index (χ3n) is 8.69. The highest BCUT2D eigenvalue weighted by molar-refractivity contribution is 5.95. The van der Waals surface area contributed by atoms with E-state index in [2.05, 4.69) is 10.2 Å². The Labute approximate surface area is 249 Å². The van der Waals surface area contributed by atoms with Crippen molar-refractivity contribution in [2.24, 2.45) is 5.41 Å². The van der Waals surface area contributed by atoms with E-state index in [4.69, 9.17) is 9.72 Å². The lowest BCUT2D eigenvalue weighted by Gasteiger charge is -2.33. The van der Waals surface area contributed by atoms with Crippen molar-refractivity contribution in [3.63, 3.8) is 0 Å². The van der Waals surface area contributed by atoms with Gasteiger partial charge in [-0.15, -0.1) is 0 Å². The van der Waals surface area contributed by atoms with E-state index < -0.39 is 17.7 Å². The fraction of sp³-hybridized carbons (Fsp3) is 0.457. The molecular formula is C35H43N3O4. The number of hydrogen-bond acceptors (Lipinski definition) is 5. The summed E-state index contributed by atoms with van der Waals surface area (Å²) in [5.74, 6) is -1.16. The van der Waals surface area contributed by atoms with Crippen LogP contribution in [-0.2, 0) is 16.1 Å². The van der Waals surface area contributed by atoms with Crippen LogP contribution in [0.15, 0.2) is 54.6 Å². The van der Waals surface area contributed by atoms with Crippen molar-refractivity contribution in [3.8, 4) is 11.1 Å². The highest BCUT2D eigenvalue weighted by Gasteiger charge is 2.43. The molecule has 0 unspecified atom stereocenters. The smallest absolute Gasteiger partial charge is 0.337 e. The van der Waals surface area contributed by atoms with E-state index in [-0.39, 0.29) is 11.3 Å². The second-order valence-electron chi connectivity index (χ2n) is 13.0. The minimum Gasteiger partial charge on any atom is -0.479 e. The fourth-order valence-corrected chi connectivity index (χ4v) is 6.75. The number of rotatable bonds is 8. The molecule has 0 radical (unpaired) electrons. The lowest BCUT2D eigenvalue weighted by Crippen LogP contribution is -2.32. The number of anilines is 1. The molecule has 5 rings (SSSR count). The summed E-state index contributed by atoms with van der Waals surface area (Å²) in [5, 5.41) is 13.4. The molecule has 1 aromatic heterocycles. The largest absolute Gasteiger partial charge is 0.479 e. The number of carboxylic acid groups (broad SMARTS) is 1. The SMILES string of the molecule is Cc1nc(C)c([C@H](OC(C)(C)C)C(=O)O)c(N2CCC3(CCCC3)C2)c1-c1ccc(C(=O)NCc2ccccc2)cc1. The normalized spacial score (nSPS) is 17.0. The average Bonchev–Trinajstić information content (AvgIpc) is 3.59. The van der Waals surface area contributed by atoms with Gasteiger partial charge in [0.15, 0.2) is 6.10 Å². The van der Waals surface area contributed by atoms with Gasteiger partial charge in [-0.25, -0.2) is 4.79 Å². The highest BCUT2D eigenvalue weighted by atomic mass is 16.5. The minimum absolute atomic E-state index is 0.141. The fourth-order valence-electron chi connectivity index (χ4n) is 6.75. The number of carbonyl (C=O) groups is 2. The number of nitrogens with zero attached hydrogens (tertiary/aromatic N) is 2. The number of amides is 1. The van der Waals surface area contributed by atoms with E-state index >= 15 is 0 Å². The molecule has 1 amide bonds. The van der Waals surface area contributed by atoms with Crippen LogP contribution >= 0.6 is 0 Å². The summed E-state index contributed by atoms with van der Waals surface area (Å²) in [6.45, 7) is 11.7. The first-order chi connectivity index (χ1) is 20.0. The van der Waals surface area contributed by atoms with Crippen molar-refractivity contribution >= 4 is 17.6 Å². The van der Waals surface area contributed by atoms with Gasteiger partial charge >= 0.3 is 5.97 Å². The molecular weight excluding hydrogens is 526 g/mol. The second kappa shape index (κ2) is 11.9. The van der Waals surface area contributed by atoms with Crippen molar-refractivity contribution in [1.82, 2.24) is 10.3 Å². The van der Waals surface area contributed by atoms with E-state index in [0.717, 1.165) is 47.6 Å². The summed E-state index contributed by atoms with van der Waals surface area (Å²) >= 11 is 0. The number of ether oxygens (including phenoxy) is 1. The Morgan fingerprint density at radius 3 is 2.29 bits per heavy atom. The van der Waals surface area contributed by atoms with E-state index in [0.29, 0.717) is 23.4 Å². The van der Waals surface area contributed by atoms with Gasteiger partial charge in [0.2, 0.25) is 0 Å². The second-order valence-corrected chi connectivity index (χ2v) is 13.0. The average molecular weight is 570 g/mol. The summed E-state index contributed by atoms with van der Waals surface area (Å²) in [5.41, 5.74) is 6.07. The minimum atomic E-state index is -1.16. The molecule has 1 saturated carbocycles. The molecule has 7 heteroatoms. The molecule has 2 fully saturated rings. The van der Waals surface area contributed by atoms with Gasteiger partial charge < -0.3 is 20.1 Å². The molecule has 0 bridgehead atoms. The Hall–Kier alpha value is -3.71. The number of benzene rings is 2. The first kappa shape index (κ1) is 29.8. The molecule has 3 aromatic rings. The van der Waals surface area contributed by atoms with Gasteiger partial charge in [0, 0.05) is 47.7 Å².